The summed E-state index contributed by atoms with van der Waals surface area (Å²) in [5.74, 6) is 1.53. The maximum Gasteiger partial charge on any atom is 0.164 e. The number of rotatable bonds is 4. The number of amidine groups is 1. The highest BCUT2D eigenvalue weighted by molar-refractivity contribution is 6.33. The highest BCUT2D eigenvalue weighted by atomic mass is 35.5. The molecule has 1 aromatic heterocycles. The van der Waals surface area contributed by atoms with Crippen LogP contribution in [0.3, 0.4) is 0 Å². The summed E-state index contributed by atoms with van der Waals surface area (Å²) in [4.78, 5) is 6.11. The molecule has 0 fully saturated rings. The van der Waals surface area contributed by atoms with Crippen molar-refractivity contribution in [3.63, 3.8) is 0 Å². The lowest BCUT2D eigenvalue weighted by atomic mass is 10.0. The van der Waals surface area contributed by atoms with Crippen LogP contribution in [0, 0.1) is 6.92 Å². The predicted octanol–water partition coefficient (Wildman–Crippen LogP) is 3.55. The Bertz CT molecular complexity index is 764. The van der Waals surface area contributed by atoms with E-state index in [1.165, 1.54) is 0 Å². The molecule has 1 aromatic carbocycles. The van der Waals surface area contributed by atoms with Crippen LogP contribution in [0.5, 0.6) is 5.75 Å². The number of aromatic nitrogens is 1. The second-order valence-corrected chi connectivity index (χ2v) is 6.04. The van der Waals surface area contributed by atoms with Crippen LogP contribution in [0.2, 0.25) is 10.2 Å². The quantitative estimate of drug-likeness (QED) is 0.856. The van der Waals surface area contributed by atoms with Gasteiger partial charge in [-0.15, -0.1) is 0 Å². The normalized spacial score (nSPS) is 13.7. The monoisotopic (exact) mass is 350 g/mol. The number of pyridine rings is 1. The number of ether oxygens (including phenoxy) is 1. The van der Waals surface area contributed by atoms with Crippen molar-refractivity contribution in [3.8, 4) is 16.9 Å². The zero-order chi connectivity index (χ0) is 16.4. The van der Waals surface area contributed by atoms with Gasteiger partial charge >= 0.3 is 0 Å². The van der Waals surface area contributed by atoms with Crippen molar-refractivity contribution in [2.45, 2.75) is 6.92 Å². The average molecular weight is 351 g/mol. The van der Waals surface area contributed by atoms with Crippen molar-refractivity contribution in [2.75, 3.05) is 20.3 Å². The first-order chi connectivity index (χ1) is 11.1. The van der Waals surface area contributed by atoms with Gasteiger partial charge < -0.3 is 9.64 Å². The highest BCUT2D eigenvalue weighted by Crippen LogP contribution is 2.37. The standard InChI is InChI=1S/C16H16Cl2N4O/c1-10-6-14(23-8-15-21-20-9-22(15)2)12(7-13(10)17)11-4-3-5-19-16(11)18/h3-7,20H,8-9H2,1-2H3. The third-order valence-electron chi connectivity index (χ3n) is 3.62. The summed E-state index contributed by atoms with van der Waals surface area (Å²) in [5.41, 5.74) is 5.45. The Morgan fingerprint density at radius 1 is 1.30 bits per heavy atom. The van der Waals surface area contributed by atoms with E-state index in [1.807, 2.05) is 43.1 Å². The minimum atomic E-state index is 0.357. The molecule has 3 rings (SSSR count). The van der Waals surface area contributed by atoms with Gasteiger partial charge in [0.05, 0.1) is 0 Å². The van der Waals surface area contributed by atoms with Gasteiger partial charge in [0.15, 0.2) is 5.84 Å². The molecule has 120 valence electrons. The molecule has 5 nitrogen and oxygen atoms in total. The highest BCUT2D eigenvalue weighted by Gasteiger charge is 2.17. The Morgan fingerprint density at radius 2 is 2.13 bits per heavy atom. The van der Waals surface area contributed by atoms with Gasteiger partial charge in [0.2, 0.25) is 0 Å². The third kappa shape index (κ3) is 3.35. The van der Waals surface area contributed by atoms with Crippen LogP contribution in [-0.2, 0) is 0 Å². The third-order valence-corrected chi connectivity index (χ3v) is 4.33. The van der Waals surface area contributed by atoms with Gasteiger partial charge in [0, 0.05) is 29.4 Å². The molecule has 0 radical (unpaired) electrons. The molecule has 1 N–H and O–H groups in total. The van der Waals surface area contributed by atoms with Gasteiger partial charge in [-0.2, -0.15) is 5.10 Å². The summed E-state index contributed by atoms with van der Waals surface area (Å²) >= 11 is 12.5. The largest absolute Gasteiger partial charge is 0.485 e. The van der Waals surface area contributed by atoms with Crippen LogP contribution in [-0.4, -0.2) is 36.0 Å². The van der Waals surface area contributed by atoms with Gasteiger partial charge in [0.1, 0.15) is 24.2 Å². The number of halogens is 2. The maximum atomic E-state index is 6.28. The Morgan fingerprint density at radius 3 is 2.83 bits per heavy atom. The second kappa shape index (κ2) is 6.64. The van der Waals surface area contributed by atoms with Crippen LogP contribution >= 0.6 is 23.2 Å². The van der Waals surface area contributed by atoms with Crippen LogP contribution in [0.4, 0.5) is 0 Å². The van der Waals surface area contributed by atoms with Crippen molar-refractivity contribution in [1.29, 1.82) is 0 Å². The summed E-state index contributed by atoms with van der Waals surface area (Å²) in [7, 11) is 1.95. The fourth-order valence-corrected chi connectivity index (χ4v) is 2.65. The number of nitrogens with zero attached hydrogens (tertiary/aromatic N) is 3. The number of hydrazone groups is 1. The van der Waals surface area contributed by atoms with Crippen LogP contribution in [0.15, 0.2) is 35.6 Å². The average Bonchev–Trinajstić information content (AvgIpc) is 2.94. The summed E-state index contributed by atoms with van der Waals surface area (Å²) in [5, 5.41) is 5.26. The van der Waals surface area contributed by atoms with Crippen LogP contribution in [0.1, 0.15) is 5.56 Å². The lowest BCUT2D eigenvalue weighted by Crippen LogP contribution is -2.29. The van der Waals surface area contributed by atoms with Crippen molar-refractivity contribution in [3.05, 3.63) is 46.2 Å². The SMILES string of the molecule is Cc1cc(OCC2=NNCN2C)c(-c2cccnc2Cl)cc1Cl. The number of aryl methyl sites for hydroxylation is 1. The van der Waals surface area contributed by atoms with E-state index in [4.69, 9.17) is 27.9 Å². The molecule has 1 aliphatic rings. The first-order valence-electron chi connectivity index (χ1n) is 7.10. The number of benzene rings is 1. The molecule has 7 heteroatoms. The van der Waals surface area contributed by atoms with Crippen molar-refractivity contribution >= 4 is 29.0 Å². The van der Waals surface area contributed by atoms with Gasteiger partial charge in [-0.05, 0) is 36.8 Å². The molecule has 1 aliphatic heterocycles. The van der Waals surface area contributed by atoms with Crippen molar-refractivity contribution in [1.82, 2.24) is 15.3 Å². The van der Waals surface area contributed by atoms with E-state index in [-0.39, 0.29) is 0 Å². The van der Waals surface area contributed by atoms with E-state index in [1.54, 1.807) is 6.20 Å². The van der Waals surface area contributed by atoms with Crippen molar-refractivity contribution in [2.24, 2.45) is 5.10 Å². The Labute approximate surface area is 144 Å². The fourth-order valence-electron chi connectivity index (χ4n) is 2.27. The van der Waals surface area contributed by atoms with Gasteiger partial charge in [-0.25, -0.2) is 4.98 Å². The molecule has 0 saturated heterocycles. The van der Waals surface area contributed by atoms with Gasteiger partial charge in [0.25, 0.3) is 0 Å². The van der Waals surface area contributed by atoms with E-state index >= 15 is 0 Å². The fraction of sp³-hybridized carbons (Fsp3) is 0.250. The zero-order valence-corrected chi connectivity index (χ0v) is 14.3. The molecule has 0 amide bonds. The van der Waals surface area contributed by atoms with E-state index in [0.717, 1.165) is 22.5 Å². The van der Waals surface area contributed by atoms with E-state index < -0.39 is 0 Å². The summed E-state index contributed by atoms with van der Waals surface area (Å²) < 4.78 is 5.98. The molecule has 0 unspecified atom stereocenters. The topological polar surface area (TPSA) is 49.8 Å². The number of hydrogen-bond donors (Lipinski definition) is 1. The predicted molar refractivity (Wildman–Crippen MR) is 93.1 cm³/mol. The number of nitrogens with one attached hydrogen (secondary N) is 1. The molecule has 0 bridgehead atoms. The first kappa shape index (κ1) is 15.9. The Balaban J connectivity index is 1.95. The summed E-state index contributed by atoms with van der Waals surface area (Å²) in [6, 6.07) is 7.49. The minimum absolute atomic E-state index is 0.357. The van der Waals surface area contributed by atoms with Crippen molar-refractivity contribution < 1.29 is 4.74 Å². The van der Waals surface area contributed by atoms with Gasteiger partial charge in [-0.1, -0.05) is 23.2 Å². The zero-order valence-electron chi connectivity index (χ0n) is 12.8. The molecule has 0 spiro atoms. The molecule has 23 heavy (non-hydrogen) atoms. The lowest BCUT2D eigenvalue weighted by Gasteiger charge is -2.16. The summed E-state index contributed by atoms with van der Waals surface area (Å²) in [6.07, 6.45) is 1.65. The maximum absolute atomic E-state index is 6.28. The summed E-state index contributed by atoms with van der Waals surface area (Å²) in [6.45, 7) is 2.97. The molecule has 0 aliphatic carbocycles. The molecule has 0 saturated carbocycles. The minimum Gasteiger partial charge on any atom is -0.485 e. The smallest absolute Gasteiger partial charge is 0.164 e. The molecule has 2 aromatic rings. The molecule has 0 atom stereocenters. The second-order valence-electron chi connectivity index (χ2n) is 5.27. The number of likely N-dealkylation sites (N-methyl/N-ethyl adjacent to an activating group) is 1. The molecule has 2 heterocycles. The molecular weight excluding hydrogens is 335 g/mol. The number of hydrogen-bond acceptors (Lipinski definition) is 5. The van der Waals surface area contributed by atoms with Crippen LogP contribution in [0.25, 0.3) is 11.1 Å². The van der Waals surface area contributed by atoms with Crippen LogP contribution < -0.4 is 10.2 Å². The lowest BCUT2D eigenvalue weighted by molar-refractivity contribution is 0.358. The Kier molecular flexibility index (Phi) is 4.59. The molecular formula is C16H16Cl2N4O. The Hall–Kier alpha value is -1.98. The van der Waals surface area contributed by atoms with E-state index in [0.29, 0.717) is 29.2 Å². The van der Waals surface area contributed by atoms with E-state index in [2.05, 4.69) is 15.5 Å². The first-order valence-corrected chi connectivity index (χ1v) is 7.86. The van der Waals surface area contributed by atoms with Gasteiger partial charge in [-0.3, -0.25) is 5.43 Å². The van der Waals surface area contributed by atoms with E-state index in [9.17, 15) is 0 Å².